The number of carbonyl (C=O) groups is 1. The topological polar surface area (TPSA) is 151 Å². The zero-order valence-corrected chi connectivity index (χ0v) is 27.9. The molecule has 1 saturated heterocycles. The van der Waals surface area contributed by atoms with Crippen molar-refractivity contribution in [3.8, 4) is 28.7 Å². The number of hydrogen-bond acceptors (Lipinski definition) is 9. The van der Waals surface area contributed by atoms with Gasteiger partial charge in [-0.05, 0) is 84.5 Å². The molecule has 1 aliphatic rings. The quantitative estimate of drug-likeness (QED) is 0.0782. The first-order valence-electron chi connectivity index (χ1n) is 15.3. The second-order valence-corrected chi connectivity index (χ2v) is 12.2. The smallest absolute Gasteiger partial charge is 0.323 e. The molecule has 4 rings (SSSR count). The standard InChI is InChI=1S/C34H39BrClN5O5/c35-33-23(22-46-32-18-31(45-16-11-37)24(17-28(32)36)20-40-30(21-42)34(43)44)7-5-9-26(33)25-8-6-10-29(27(25)19-38)39-12-1-2-13-41-14-3-4-15-41/h5-10,17-19,30,38-40,42H,1-4,12-16,20-22H2,(H,43,44). The van der Waals surface area contributed by atoms with Crippen LogP contribution in [-0.2, 0) is 17.9 Å². The molecule has 0 bridgehead atoms. The average Bonchev–Trinajstić information content (AvgIpc) is 3.58. The van der Waals surface area contributed by atoms with Crippen molar-refractivity contribution in [3.05, 3.63) is 74.7 Å². The molecule has 12 heteroatoms. The molecule has 0 saturated carbocycles. The third-order valence-electron chi connectivity index (χ3n) is 7.84. The van der Waals surface area contributed by atoms with Crippen LogP contribution < -0.4 is 20.1 Å². The van der Waals surface area contributed by atoms with Crippen LogP contribution in [0.4, 0.5) is 5.69 Å². The van der Waals surface area contributed by atoms with E-state index in [-0.39, 0.29) is 24.8 Å². The lowest BCUT2D eigenvalue weighted by molar-refractivity contribution is -0.140. The minimum absolute atomic E-state index is 0.0355. The van der Waals surface area contributed by atoms with Gasteiger partial charge in [-0.2, -0.15) is 5.26 Å². The van der Waals surface area contributed by atoms with Crippen LogP contribution in [0, 0.1) is 16.7 Å². The second-order valence-electron chi connectivity index (χ2n) is 11.0. The number of carboxylic acid groups (broad SMARTS) is 1. The van der Waals surface area contributed by atoms with Crippen LogP contribution in [0.25, 0.3) is 11.1 Å². The van der Waals surface area contributed by atoms with Crippen molar-refractivity contribution in [2.75, 3.05) is 44.7 Å². The maximum atomic E-state index is 11.3. The van der Waals surface area contributed by atoms with E-state index in [9.17, 15) is 15.0 Å². The molecule has 5 N–H and O–H groups in total. The molecule has 0 aromatic heterocycles. The summed E-state index contributed by atoms with van der Waals surface area (Å²) in [5, 5.41) is 42.3. The number of anilines is 1. The lowest BCUT2D eigenvalue weighted by Gasteiger charge is -2.18. The number of benzene rings is 3. The molecule has 0 spiro atoms. The zero-order chi connectivity index (χ0) is 32.9. The van der Waals surface area contributed by atoms with Crippen molar-refractivity contribution in [1.29, 1.82) is 10.7 Å². The average molecular weight is 713 g/mol. The lowest BCUT2D eigenvalue weighted by atomic mass is 9.97. The minimum Gasteiger partial charge on any atom is -0.487 e. The molecular formula is C34H39BrClN5O5. The first kappa shape index (κ1) is 35.2. The van der Waals surface area contributed by atoms with Gasteiger partial charge in [0.05, 0.1) is 11.6 Å². The van der Waals surface area contributed by atoms with Crippen molar-refractivity contribution in [2.24, 2.45) is 0 Å². The van der Waals surface area contributed by atoms with E-state index in [1.165, 1.54) is 32.1 Å². The first-order valence-corrected chi connectivity index (χ1v) is 16.4. The van der Waals surface area contributed by atoms with Gasteiger partial charge in [-0.25, -0.2) is 0 Å². The maximum absolute atomic E-state index is 11.3. The summed E-state index contributed by atoms with van der Waals surface area (Å²) in [4.78, 5) is 13.8. The highest BCUT2D eigenvalue weighted by Gasteiger charge is 2.19. The van der Waals surface area contributed by atoms with E-state index in [4.69, 9.17) is 31.7 Å². The molecule has 1 fully saturated rings. The number of ether oxygens (including phenoxy) is 2. The Bertz CT molecular complexity index is 1540. The number of aliphatic hydroxyl groups is 1. The summed E-state index contributed by atoms with van der Waals surface area (Å²) in [6, 6.07) is 15.8. The van der Waals surface area contributed by atoms with Gasteiger partial charge in [0, 0.05) is 52.2 Å². The maximum Gasteiger partial charge on any atom is 0.323 e. The fourth-order valence-corrected chi connectivity index (χ4v) is 6.22. The third kappa shape index (κ3) is 9.44. The number of nitrogens with zero attached hydrogens (tertiary/aromatic N) is 2. The zero-order valence-electron chi connectivity index (χ0n) is 25.5. The van der Waals surface area contributed by atoms with Crippen molar-refractivity contribution in [1.82, 2.24) is 10.2 Å². The molecule has 0 amide bonds. The molecule has 46 heavy (non-hydrogen) atoms. The van der Waals surface area contributed by atoms with Crippen LogP contribution in [0.2, 0.25) is 5.02 Å². The molecule has 0 aliphatic carbocycles. The van der Waals surface area contributed by atoms with Crippen molar-refractivity contribution < 1.29 is 24.5 Å². The van der Waals surface area contributed by atoms with Gasteiger partial charge < -0.3 is 35.3 Å². The van der Waals surface area contributed by atoms with E-state index in [0.717, 1.165) is 58.3 Å². The van der Waals surface area contributed by atoms with E-state index in [2.05, 4.69) is 31.5 Å². The normalized spacial score (nSPS) is 13.6. The number of unbranched alkanes of at least 4 members (excludes halogenated alkanes) is 1. The summed E-state index contributed by atoms with van der Waals surface area (Å²) in [6.07, 6.45) is 6.20. The molecule has 3 aromatic rings. The van der Waals surface area contributed by atoms with Crippen LogP contribution >= 0.6 is 27.5 Å². The largest absolute Gasteiger partial charge is 0.487 e. The molecular weight excluding hydrogens is 674 g/mol. The third-order valence-corrected chi connectivity index (χ3v) is 9.08. The van der Waals surface area contributed by atoms with Gasteiger partial charge >= 0.3 is 5.97 Å². The number of carboxylic acids is 1. The minimum atomic E-state index is -1.19. The molecule has 1 heterocycles. The van der Waals surface area contributed by atoms with E-state index in [1.807, 2.05) is 42.5 Å². The Labute approximate surface area is 282 Å². The summed E-state index contributed by atoms with van der Waals surface area (Å²) in [5.74, 6) is -0.567. The second kappa shape index (κ2) is 17.9. The lowest BCUT2D eigenvalue weighted by Crippen LogP contribution is -2.39. The van der Waals surface area contributed by atoms with E-state index >= 15 is 0 Å². The van der Waals surface area contributed by atoms with Gasteiger partial charge in [0.15, 0.2) is 6.61 Å². The highest BCUT2D eigenvalue weighted by molar-refractivity contribution is 9.10. The molecule has 1 atom stereocenters. The highest BCUT2D eigenvalue weighted by Crippen LogP contribution is 2.37. The number of hydrogen-bond donors (Lipinski definition) is 5. The molecule has 1 aliphatic heterocycles. The van der Waals surface area contributed by atoms with Crippen LogP contribution in [-0.4, -0.2) is 72.7 Å². The molecule has 3 aromatic carbocycles. The highest BCUT2D eigenvalue weighted by atomic mass is 79.9. The number of likely N-dealkylation sites (tertiary alicyclic amines) is 1. The van der Waals surface area contributed by atoms with Crippen molar-refractivity contribution in [2.45, 2.75) is 44.9 Å². The Kier molecular flexibility index (Phi) is 13.7. The Morgan fingerprint density at radius 3 is 2.59 bits per heavy atom. The predicted molar refractivity (Wildman–Crippen MR) is 183 cm³/mol. The van der Waals surface area contributed by atoms with Gasteiger partial charge in [0.1, 0.15) is 30.2 Å². The van der Waals surface area contributed by atoms with E-state index < -0.39 is 18.6 Å². The summed E-state index contributed by atoms with van der Waals surface area (Å²) >= 11 is 10.3. The van der Waals surface area contributed by atoms with Gasteiger partial charge in [-0.3, -0.25) is 10.1 Å². The van der Waals surface area contributed by atoms with Crippen LogP contribution in [0.5, 0.6) is 11.5 Å². The summed E-state index contributed by atoms with van der Waals surface area (Å²) in [7, 11) is 0. The van der Waals surface area contributed by atoms with E-state index in [1.54, 1.807) is 12.1 Å². The summed E-state index contributed by atoms with van der Waals surface area (Å²) < 4.78 is 12.5. The Morgan fingerprint density at radius 2 is 1.87 bits per heavy atom. The number of nitrogens with one attached hydrogen (secondary N) is 3. The fourth-order valence-electron chi connectivity index (χ4n) is 5.39. The number of rotatable bonds is 18. The van der Waals surface area contributed by atoms with Gasteiger partial charge in [-0.15, -0.1) is 0 Å². The molecule has 244 valence electrons. The van der Waals surface area contributed by atoms with Crippen LogP contribution in [0.15, 0.2) is 53.0 Å². The number of nitriles is 1. The number of halogens is 2. The van der Waals surface area contributed by atoms with Gasteiger partial charge in [0.25, 0.3) is 0 Å². The van der Waals surface area contributed by atoms with E-state index in [0.29, 0.717) is 17.1 Å². The monoisotopic (exact) mass is 711 g/mol. The number of aliphatic carboxylic acids is 1. The van der Waals surface area contributed by atoms with Crippen molar-refractivity contribution in [3.63, 3.8) is 0 Å². The summed E-state index contributed by atoms with van der Waals surface area (Å²) in [6.45, 7) is 3.77. The summed E-state index contributed by atoms with van der Waals surface area (Å²) in [5.41, 5.74) is 4.91. The van der Waals surface area contributed by atoms with Crippen LogP contribution in [0.1, 0.15) is 42.4 Å². The Balaban J connectivity index is 1.47. The Morgan fingerprint density at radius 1 is 1.11 bits per heavy atom. The van der Waals surface area contributed by atoms with Gasteiger partial charge in [0.2, 0.25) is 0 Å². The van der Waals surface area contributed by atoms with Crippen LogP contribution in [0.3, 0.4) is 0 Å². The SMILES string of the molecule is N#CCOc1cc(OCc2cccc(-c3cccc(NCCCCN4CCCC4)c3C=N)c2Br)c(Cl)cc1CNC(CO)C(=O)O. The molecule has 10 nitrogen and oxygen atoms in total. The number of aliphatic hydroxyl groups excluding tert-OH is 1. The molecule has 1 unspecified atom stereocenters. The Hall–Kier alpha value is -3.66. The van der Waals surface area contributed by atoms with Crippen molar-refractivity contribution >= 4 is 45.4 Å². The predicted octanol–water partition coefficient (Wildman–Crippen LogP) is 6.07. The first-order chi connectivity index (χ1) is 22.4. The fraction of sp³-hybridized carbons (Fsp3) is 0.382. The van der Waals surface area contributed by atoms with Gasteiger partial charge in [-0.1, -0.05) is 41.9 Å². The molecule has 0 radical (unpaired) electrons.